The summed E-state index contributed by atoms with van der Waals surface area (Å²) in [6.07, 6.45) is 6.07. The van der Waals surface area contributed by atoms with Crippen LogP contribution in [0.3, 0.4) is 0 Å². The van der Waals surface area contributed by atoms with Crippen molar-refractivity contribution in [1.82, 2.24) is 0 Å². The van der Waals surface area contributed by atoms with Crippen LogP contribution in [-0.4, -0.2) is 18.0 Å². The van der Waals surface area contributed by atoms with E-state index < -0.39 is 0 Å². The largest absolute Gasteiger partial charge is 0.365 e. The van der Waals surface area contributed by atoms with Crippen molar-refractivity contribution < 1.29 is 9.53 Å². The van der Waals surface area contributed by atoms with Gasteiger partial charge in [-0.3, -0.25) is 4.79 Å². The number of carbonyl (C=O) groups excluding carboxylic acids is 1. The first-order valence-electron chi connectivity index (χ1n) is 5.15. The predicted molar refractivity (Wildman–Crippen MR) is 50.4 cm³/mol. The molecule has 0 aromatic heterocycles. The van der Waals surface area contributed by atoms with Crippen LogP contribution in [0.5, 0.6) is 0 Å². The molecule has 4 atom stereocenters. The molecule has 1 saturated heterocycles. The van der Waals surface area contributed by atoms with Gasteiger partial charge in [0.15, 0.2) is 0 Å². The van der Waals surface area contributed by atoms with Crippen molar-refractivity contribution in [3.05, 3.63) is 12.2 Å². The van der Waals surface area contributed by atoms with Gasteiger partial charge in [-0.25, -0.2) is 0 Å². The number of fused-ring (bicyclic) bond motifs is 2. The second-order valence-electron chi connectivity index (χ2n) is 3.88. The van der Waals surface area contributed by atoms with Crippen LogP contribution in [0.4, 0.5) is 0 Å². The fraction of sp³-hybridized carbons (Fsp3) is 0.727. The van der Waals surface area contributed by atoms with Crippen LogP contribution in [0.2, 0.25) is 0 Å². The summed E-state index contributed by atoms with van der Waals surface area (Å²) in [5, 5.41) is 0. The second-order valence-corrected chi connectivity index (χ2v) is 3.88. The molecule has 2 aliphatic heterocycles. The maximum atomic E-state index is 11.9. The Morgan fingerprint density at radius 3 is 2.00 bits per heavy atom. The summed E-state index contributed by atoms with van der Waals surface area (Å²) in [4.78, 5) is 11.9. The van der Waals surface area contributed by atoms with Gasteiger partial charge in [-0.1, -0.05) is 26.0 Å². The summed E-state index contributed by atoms with van der Waals surface area (Å²) < 4.78 is 5.74. The number of hydrogen-bond acceptors (Lipinski definition) is 2. The molecule has 2 heterocycles. The number of carbonyl (C=O) groups is 1. The monoisotopic (exact) mass is 180 g/mol. The normalized spacial score (nSPS) is 42.8. The zero-order valence-corrected chi connectivity index (χ0v) is 8.19. The molecule has 2 aliphatic rings. The highest BCUT2D eigenvalue weighted by atomic mass is 16.5. The third-order valence-corrected chi connectivity index (χ3v) is 3.21. The van der Waals surface area contributed by atoms with Gasteiger partial charge in [-0.05, 0) is 12.8 Å². The zero-order chi connectivity index (χ0) is 9.42. The third-order valence-electron chi connectivity index (χ3n) is 3.21. The molecule has 0 N–H and O–H groups in total. The van der Waals surface area contributed by atoms with Gasteiger partial charge in [0, 0.05) is 11.8 Å². The van der Waals surface area contributed by atoms with Gasteiger partial charge in [-0.2, -0.15) is 0 Å². The van der Waals surface area contributed by atoms with E-state index in [1.165, 1.54) is 0 Å². The van der Waals surface area contributed by atoms with Crippen LogP contribution in [0, 0.1) is 11.8 Å². The van der Waals surface area contributed by atoms with Crippen LogP contribution in [-0.2, 0) is 9.53 Å². The number of rotatable bonds is 2. The van der Waals surface area contributed by atoms with Crippen LogP contribution in [0.1, 0.15) is 26.7 Å². The molecule has 2 heteroatoms. The Bertz CT molecular complexity index is 222. The summed E-state index contributed by atoms with van der Waals surface area (Å²) >= 11 is 0. The smallest absolute Gasteiger partial charge is 0.144 e. The van der Waals surface area contributed by atoms with Gasteiger partial charge < -0.3 is 4.74 Å². The third kappa shape index (κ3) is 1.24. The number of Topliss-reactive ketones (excluding diaryl/α,β-unsaturated/α-hetero) is 1. The van der Waals surface area contributed by atoms with E-state index in [2.05, 4.69) is 26.0 Å². The molecule has 2 bridgehead atoms. The van der Waals surface area contributed by atoms with Gasteiger partial charge in [0.1, 0.15) is 5.78 Å². The van der Waals surface area contributed by atoms with Gasteiger partial charge in [0.05, 0.1) is 12.2 Å². The van der Waals surface area contributed by atoms with E-state index in [0.717, 1.165) is 12.8 Å². The van der Waals surface area contributed by atoms with Crippen molar-refractivity contribution >= 4 is 5.78 Å². The average Bonchev–Trinajstić information content (AvgIpc) is 2.52. The molecule has 0 unspecified atom stereocenters. The highest BCUT2D eigenvalue weighted by Crippen LogP contribution is 2.36. The lowest BCUT2D eigenvalue weighted by atomic mass is 9.83. The van der Waals surface area contributed by atoms with Crippen molar-refractivity contribution in [3.63, 3.8) is 0 Å². The molecule has 2 rings (SSSR count). The minimum Gasteiger partial charge on any atom is -0.365 e. The van der Waals surface area contributed by atoms with Gasteiger partial charge >= 0.3 is 0 Å². The summed E-state index contributed by atoms with van der Waals surface area (Å²) in [5.41, 5.74) is 0. The maximum absolute atomic E-state index is 11.9. The quantitative estimate of drug-likeness (QED) is 0.607. The first-order chi connectivity index (χ1) is 6.27. The summed E-state index contributed by atoms with van der Waals surface area (Å²) in [7, 11) is 0. The van der Waals surface area contributed by atoms with Crippen molar-refractivity contribution in [2.24, 2.45) is 11.8 Å². The first-order valence-corrected chi connectivity index (χ1v) is 5.15. The Hall–Kier alpha value is -0.630. The highest BCUT2D eigenvalue weighted by molar-refractivity contribution is 5.86. The Labute approximate surface area is 79.0 Å². The summed E-state index contributed by atoms with van der Waals surface area (Å²) in [5.74, 6) is 0.635. The van der Waals surface area contributed by atoms with Gasteiger partial charge in [-0.15, -0.1) is 0 Å². The Kier molecular flexibility index (Phi) is 2.24. The summed E-state index contributed by atoms with van der Waals surface area (Å²) in [6.45, 7) is 4.12. The van der Waals surface area contributed by atoms with Crippen LogP contribution in [0.25, 0.3) is 0 Å². The molecule has 0 amide bonds. The van der Waals surface area contributed by atoms with E-state index in [4.69, 9.17) is 4.74 Å². The SMILES string of the molecule is CC[C@@H]1C(=O)[C@H](CC)[C@@H]2C=C[C@H]1O2. The molecule has 1 fully saturated rings. The second kappa shape index (κ2) is 3.26. The molecule has 0 radical (unpaired) electrons. The van der Waals surface area contributed by atoms with Crippen LogP contribution in [0.15, 0.2) is 12.2 Å². The number of hydrogen-bond donors (Lipinski definition) is 0. The lowest BCUT2D eigenvalue weighted by molar-refractivity contribution is -0.145. The summed E-state index contributed by atoms with van der Waals surface area (Å²) in [6, 6.07) is 0. The minimum atomic E-state index is 0.0744. The van der Waals surface area contributed by atoms with Crippen molar-refractivity contribution in [1.29, 1.82) is 0 Å². The van der Waals surface area contributed by atoms with Crippen LogP contribution < -0.4 is 0 Å². The average molecular weight is 180 g/mol. The number of ketones is 1. The van der Waals surface area contributed by atoms with E-state index in [0.29, 0.717) is 5.78 Å². The van der Waals surface area contributed by atoms with E-state index in [1.807, 2.05) is 0 Å². The maximum Gasteiger partial charge on any atom is 0.144 e. The van der Waals surface area contributed by atoms with Crippen molar-refractivity contribution in [2.75, 3.05) is 0 Å². The molecule has 13 heavy (non-hydrogen) atoms. The predicted octanol–water partition coefficient (Wildman–Crippen LogP) is 1.95. The molecule has 0 aromatic carbocycles. The fourth-order valence-electron chi connectivity index (χ4n) is 2.41. The lowest BCUT2D eigenvalue weighted by Gasteiger charge is -2.33. The fourth-order valence-corrected chi connectivity index (χ4v) is 2.41. The Morgan fingerprint density at radius 2 is 1.62 bits per heavy atom. The van der Waals surface area contributed by atoms with E-state index in [9.17, 15) is 4.79 Å². The molecular formula is C11H16O2. The van der Waals surface area contributed by atoms with Gasteiger partial charge in [0.2, 0.25) is 0 Å². The minimum absolute atomic E-state index is 0.0744. The topological polar surface area (TPSA) is 26.3 Å². The Morgan fingerprint density at radius 1 is 1.15 bits per heavy atom. The lowest BCUT2D eigenvalue weighted by Crippen LogP contribution is -2.43. The van der Waals surface area contributed by atoms with E-state index >= 15 is 0 Å². The first kappa shape index (κ1) is 8.95. The van der Waals surface area contributed by atoms with E-state index in [1.54, 1.807) is 0 Å². The molecule has 2 nitrogen and oxygen atoms in total. The van der Waals surface area contributed by atoms with Crippen LogP contribution >= 0.6 is 0 Å². The molecule has 0 saturated carbocycles. The molecule has 72 valence electrons. The number of ether oxygens (including phenoxy) is 1. The van der Waals surface area contributed by atoms with Crippen molar-refractivity contribution in [3.8, 4) is 0 Å². The van der Waals surface area contributed by atoms with Gasteiger partial charge in [0.25, 0.3) is 0 Å². The van der Waals surface area contributed by atoms with E-state index in [-0.39, 0.29) is 24.0 Å². The Balaban J connectivity index is 2.23. The molecular weight excluding hydrogens is 164 g/mol. The molecule has 0 spiro atoms. The zero-order valence-electron chi connectivity index (χ0n) is 8.19. The molecule has 0 aromatic rings. The molecule has 0 aliphatic carbocycles. The standard InChI is InChI=1S/C11H16O2/c1-3-7-9-5-6-10(13-9)8(4-2)11(7)12/h5-10H,3-4H2,1-2H3/t7-,8+,9+,10-. The highest BCUT2D eigenvalue weighted by Gasteiger charge is 2.43. The van der Waals surface area contributed by atoms with Crippen molar-refractivity contribution in [2.45, 2.75) is 38.9 Å².